The van der Waals surface area contributed by atoms with E-state index in [2.05, 4.69) is 15.9 Å². The van der Waals surface area contributed by atoms with Gasteiger partial charge in [-0.1, -0.05) is 6.42 Å². The summed E-state index contributed by atoms with van der Waals surface area (Å²) in [4.78, 5) is 19.0. The lowest BCUT2D eigenvalue weighted by molar-refractivity contribution is -0.134. The SMILES string of the molecule is C[C@H](C(=O)N(C)CCC#N)N1CC[C@H](CN2CCCCC2)C1. The van der Waals surface area contributed by atoms with E-state index in [1.54, 1.807) is 11.9 Å². The van der Waals surface area contributed by atoms with Gasteiger partial charge in [0, 0.05) is 26.7 Å². The van der Waals surface area contributed by atoms with E-state index in [9.17, 15) is 4.79 Å². The number of likely N-dealkylation sites (N-methyl/N-ethyl adjacent to an activating group) is 1. The Labute approximate surface area is 134 Å². The fourth-order valence-electron chi connectivity index (χ4n) is 3.67. The lowest BCUT2D eigenvalue weighted by Gasteiger charge is -2.30. The van der Waals surface area contributed by atoms with E-state index in [1.807, 2.05) is 6.92 Å². The van der Waals surface area contributed by atoms with E-state index in [-0.39, 0.29) is 11.9 Å². The number of nitrogens with zero attached hydrogens (tertiary/aromatic N) is 4. The molecule has 2 atom stereocenters. The van der Waals surface area contributed by atoms with Gasteiger partial charge in [0.2, 0.25) is 5.91 Å². The molecule has 5 heteroatoms. The molecule has 0 unspecified atom stereocenters. The molecular weight excluding hydrogens is 276 g/mol. The number of piperidine rings is 1. The number of nitriles is 1. The monoisotopic (exact) mass is 306 g/mol. The Morgan fingerprint density at radius 2 is 2.05 bits per heavy atom. The smallest absolute Gasteiger partial charge is 0.239 e. The molecule has 2 heterocycles. The highest BCUT2D eigenvalue weighted by atomic mass is 16.2. The van der Waals surface area contributed by atoms with E-state index in [0.717, 1.165) is 13.1 Å². The second-order valence-electron chi connectivity index (χ2n) is 6.85. The number of carbonyl (C=O) groups excluding carboxylic acids is 1. The maximum Gasteiger partial charge on any atom is 0.239 e. The normalized spacial score (nSPS) is 24.9. The molecule has 2 aliphatic heterocycles. The van der Waals surface area contributed by atoms with Gasteiger partial charge >= 0.3 is 0 Å². The van der Waals surface area contributed by atoms with Gasteiger partial charge < -0.3 is 9.80 Å². The molecule has 5 nitrogen and oxygen atoms in total. The van der Waals surface area contributed by atoms with Gasteiger partial charge in [-0.2, -0.15) is 5.26 Å². The van der Waals surface area contributed by atoms with Crippen LogP contribution in [0.5, 0.6) is 0 Å². The highest BCUT2D eigenvalue weighted by Crippen LogP contribution is 2.22. The topological polar surface area (TPSA) is 50.6 Å². The van der Waals surface area contributed by atoms with Crippen LogP contribution in [0, 0.1) is 17.2 Å². The fourth-order valence-corrected chi connectivity index (χ4v) is 3.67. The van der Waals surface area contributed by atoms with E-state index >= 15 is 0 Å². The molecule has 2 aliphatic rings. The van der Waals surface area contributed by atoms with Crippen LogP contribution in [0.3, 0.4) is 0 Å². The quantitative estimate of drug-likeness (QED) is 0.747. The number of likely N-dealkylation sites (tertiary alicyclic amines) is 2. The van der Waals surface area contributed by atoms with Crippen LogP contribution in [0.1, 0.15) is 39.0 Å². The molecule has 0 bridgehead atoms. The number of amides is 1. The van der Waals surface area contributed by atoms with E-state index < -0.39 is 0 Å². The molecule has 0 aromatic heterocycles. The number of hydrogen-bond donors (Lipinski definition) is 0. The summed E-state index contributed by atoms with van der Waals surface area (Å²) in [7, 11) is 1.80. The predicted molar refractivity (Wildman–Crippen MR) is 87.3 cm³/mol. The van der Waals surface area contributed by atoms with E-state index in [1.165, 1.54) is 45.3 Å². The highest BCUT2D eigenvalue weighted by molar-refractivity contribution is 5.81. The van der Waals surface area contributed by atoms with E-state index in [0.29, 0.717) is 18.9 Å². The Hall–Kier alpha value is -1.12. The Balaban J connectivity index is 1.76. The third-order valence-corrected chi connectivity index (χ3v) is 5.12. The molecule has 2 rings (SSSR count). The van der Waals surface area contributed by atoms with Crippen LogP contribution in [-0.2, 0) is 4.79 Å². The number of hydrogen-bond acceptors (Lipinski definition) is 4. The molecule has 0 spiro atoms. The van der Waals surface area contributed by atoms with Crippen LogP contribution < -0.4 is 0 Å². The zero-order chi connectivity index (χ0) is 15.9. The molecule has 0 radical (unpaired) electrons. The summed E-state index contributed by atoms with van der Waals surface area (Å²) < 4.78 is 0. The zero-order valence-corrected chi connectivity index (χ0v) is 14.1. The first-order valence-corrected chi connectivity index (χ1v) is 8.70. The Kier molecular flexibility index (Phi) is 6.66. The van der Waals surface area contributed by atoms with Gasteiger partial charge in [-0.3, -0.25) is 9.69 Å². The molecule has 22 heavy (non-hydrogen) atoms. The van der Waals surface area contributed by atoms with Gasteiger partial charge in [0.15, 0.2) is 0 Å². The van der Waals surface area contributed by atoms with Crippen molar-refractivity contribution < 1.29 is 4.79 Å². The minimum absolute atomic E-state index is 0.0601. The van der Waals surface area contributed by atoms with Crippen LogP contribution >= 0.6 is 0 Å². The Morgan fingerprint density at radius 1 is 1.32 bits per heavy atom. The molecule has 1 amide bonds. The largest absolute Gasteiger partial charge is 0.343 e. The van der Waals surface area contributed by atoms with Crippen molar-refractivity contribution in [2.45, 2.75) is 45.1 Å². The van der Waals surface area contributed by atoms with Crippen LogP contribution in [0.15, 0.2) is 0 Å². The summed E-state index contributed by atoms with van der Waals surface area (Å²) in [6.45, 7) is 8.30. The summed E-state index contributed by atoms with van der Waals surface area (Å²) in [6, 6.07) is 2.04. The first-order valence-electron chi connectivity index (χ1n) is 8.70. The van der Waals surface area contributed by atoms with Crippen LogP contribution in [0.25, 0.3) is 0 Å². The first-order chi connectivity index (χ1) is 10.6. The van der Waals surface area contributed by atoms with Crippen molar-refractivity contribution in [3.05, 3.63) is 0 Å². The van der Waals surface area contributed by atoms with Gasteiger partial charge in [-0.05, 0) is 51.7 Å². The Bertz CT molecular complexity index is 400. The Morgan fingerprint density at radius 3 is 2.73 bits per heavy atom. The number of carbonyl (C=O) groups is 1. The average molecular weight is 306 g/mol. The fraction of sp³-hybridized carbons (Fsp3) is 0.882. The lowest BCUT2D eigenvalue weighted by Crippen LogP contribution is -2.45. The molecule has 0 N–H and O–H groups in total. The van der Waals surface area contributed by atoms with Crippen LogP contribution in [0.2, 0.25) is 0 Å². The van der Waals surface area contributed by atoms with Gasteiger partial charge in [-0.15, -0.1) is 0 Å². The maximum absolute atomic E-state index is 12.4. The molecule has 124 valence electrons. The van der Waals surface area contributed by atoms with Gasteiger partial charge in [0.1, 0.15) is 0 Å². The van der Waals surface area contributed by atoms with E-state index in [4.69, 9.17) is 5.26 Å². The third kappa shape index (κ3) is 4.69. The molecule has 2 saturated heterocycles. The molecule has 0 aromatic carbocycles. The van der Waals surface area contributed by atoms with Crippen molar-refractivity contribution in [2.75, 3.05) is 46.3 Å². The zero-order valence-electron chi connectivity index (χ0n) is 14.1. The second kappa shape index (κ2) is 8.50. The summed E-state index contributed by atoms with van der Waals surface area (Å²) in [5, 5.41) is 8.63. The molecule has 0 aromatic rings. The second-order valence-corrected chi connectivity index (χ2v) is 6.85. The van der Waals surface area contributed by atoms with Crippen LogP contribution in [0.4, 0.5) is 0 Å². The van der Waals surface area contributed by atoms with Crippen molar-refractivity contribution in [2.24, 2.45) is 5.92 Å². The summed E-state index contributed by atoms with van der Waals surface area (Å²) in [5.41, 5.74) is 0. The minimum Gasteiger partial charge on any atom is -0.343 e. The summed E-state index contributed by atoms with van der Waals surface area (Å²) in [6.07, 6.45) is 5.68. The first kappa shape index (κ1) is 17.2. The average Bonchev–Trinajstić information content (AvgIpc) is 3.00. The van der Waals surface area contributed by atoms with Gasteiger partial charge in [0.25, 0.3) is 0 Å². The van der Waals surface area contributed by atoms with Crippen molar-refractivity contribution in [3.8, 4) is 6.07 Å². The minimum atomic E-state index is -0.0601. The van der Waals surface area contributed by atoms with Crippen molar-refractivity contribution in [3.63, 3.8) is 0 Å². The third-order valence-electron chi connectivity index (χ3n) is 5.12. The maximum atomic E-state index is 12.4. The molecule has 0 saturated carbocycles. The van der Waals surface area contributed by atoms with Crippen molar-refractivity contribution in [1.82, 2.24) is 14.7 Å². The predicted octanol–water partition coefficient (Wildman–Crippen LogP) is 1.55. The molecule has 0 aliphatic carbocycles. The van der Waals surface area contributed by atoms with Crippen molar-refractivity contribution in [1.29, 1.82) is 5.26 Å². The lowest BCUT2D eigenvalue weighted by atomic mass is 10.1. The van der Waals surface area contributed by atoms with Gasteiger partial charge in [0.05, 0.1) is 18.5 Å². The summed E-state index contributed by atoms with van der Waals surface area (Å²) in [5.74, 6) is 0.853. The van der Waals surface area contributed by atoms with Gasteiger partial charge in [-0.25, -0.2) is 0 Å². The number of rotatable bonds is 6. The standard InChI is InChI=1S/C17H30N4O/c1-15(17(22)19(2)9-6-8-18)21-12-7-16(14-21)13-20-10-4-3-5-11-20/h15-16H,3-7,9-14H2,1-2H3/t15-,16-/m1/s1. The highest BCUT2D eigenvalue weighted by Gasteiger charge is 2.31. The summed E-state index contributed by atoms with van der Waals surface area (Å²) >= 11 is 0. The van der Waals surface area contributed by atoms with Crippen LogP contribution in [-0.4, -0.2) is 73.0 Å². The van der Waals surface area contributed by atoms with Crippen molar-refractivity contribution >= 4 is 5.91 Å². The molecule has 2 fully saturated rings. The molecular formula is C17H30N4O.